The van der Waals surface area contributed by atoms with Crippen molar-refractivity contribution in [1.29, 1.82) is 0 Å². The summed E-state index contributed by atoms with van der Waals surface area (Å²) in [4.78, 5) is 36.7. The number of esters is 1. The number of hydrogen-bond donors (Lipinski definition) is 2. The van der Waals surface area contributed by atoms with Gasteiger partial charge in [0.25, 0.3) is 0 Å². The van der Waals surface area contributed by atoms with E-state index < -0.39 is 30.1 Å². The smallest absolute Gasteiger partial charge is 0.407 e. The van der Waals surface area contributed by atoms with Crippen molar-refractivity contribution >= 4 is 29.7 Å². The molecule has 2 amide bonds. The molecule has 2 aromatic carbocycles. The molecule has 0 radical (unpaired) electrons. The van der Waals surface area contributed by atoms with Gasteiger partial charge in [0.05, 0.1) is 7.11 Å². The first-order valence-corrected chi connectivity index (χ1v) is 11.8. The maximum Gasteiger partial charge on any atom is 0.407 e. The Kier molecular flexibility index (Phi) is 8.16. The van der Waals surface area contributed by atoms with E-state index in [-0.39, 0.29) is 12.5 Å². The van der Waals surface area contributed by atoms with Gasteiger partial charge < -0.3 is 20.1 Å². The number of carbonyl (C=O) groups is 3. The molecule has 2 atom stereocenters. The second-order valence-electron chi connectivity index (χ2n) is 7.56. The van der Waals surface area contributed by atoms with Crippen LogP contribution in [-0.2, 0) is 19.1 Å². The molecule has 0 saturated carbocycles. The van der Waals surface area contributed by atoms with Crippen LogP contribution in [0.25, 0.3) is 11.1 Å². The number of hydrogen-bond acceptors (Lipinski definition) is 6. The average Bonchev–Trinajstić information content (AvgIpc) is 3.13. The molecule has 3 rings (SSSR count). The number of carbonyl (C=O) groups excluding carboxylic acids is 3. The topological polar surface area (TPSA) is 93.7 Å². The highest BCUT2D eigenvalue weighted by molar-refractivity contribution is 7.98. The molecule has 2 aromatic rings. The van der Waals surface area contributed by atoms with E-state index in [2.05, 4.69) is 22.8 Å². The molecule has 0 bridgehead atoms. The van der Waals surface area contributed by atoms with Crippen molar-refractivity contribution in [3.63, 3.8) is 0 Å². The van der Waals surface area contributed by atoms with Crippen molar-refractivity contribution in [2.24, 2.45) is 0 Å². The summed E-state index contributed by atoms with van der Waals surface area (Å²) in [5.74, 6) is -0.364. The molecule has 0 fully saturated rings. The Hall–Kier alpha value is -3.00. The number of benzene rings is 2. The summed E-state index contributed by atoms with van der Waals surface area (Å²) >= 11 is 1.56. The van der Waals surface area contributed by atoms with Crippen LogP contribution in [0.1, 0.15) is 30.4 Å². The Morgan fingerprint density at radius 3 is 2.16 bits per heavy atom. The minimum Gasteiger partial charge on any atom is -0.467 e. The predicted molar refractivity (Wildman–Crippen MR) is 125 cm³/mol. The minimum absolute atomic E-state index is 0.0625. The Morgan fingerprint density at radius 2 is 1.59 bits per heavy atom. The number of rotatable bonds is 9. The molecule has 0 spiro atoms. The van der Waals surface area contributed by atoms with E-state index in [0.29, 0.717) is 12.2 Å². The van der Waals surface area contributed by atoms with E-state index in [1.165, 1.54) is 7.11 Å². The van der Waals surface area contributed by atoms with Crippen LogP contribution in [0.4, 0.5) is 4.79 Å². The zero-order chi connectivity index (χ0) is 23.1. The van der Waals surface area contributed by atoms with Crippen LogP contribution in [-0.4, -0.2) is 55.8 Å². The quantitative estimate of drug-likeness (QED) is 0.562. The highest BCUT2D eigenvalue weighted by Gasteiger charge is 2.30. The van der Waals surface area contributed by atoms with Gasteiger partial charge in [-0.3, -0.25) is 4.79 Å². The first kappa shape index (κ1) is 23.7. The minimum atomic E-state index is -0.868. The van der Waals surface area contributed by atoms with Crippen LogP contribution in [0.2, 0.25) is 0 Å². The fourth-order valence-electron chi connectivity index (χ4n) is 3.81. The van der Waals surface area contributed by atoms with Crippen molar-refractivity contribution < 1.29 is 23.9 Å². The number of amides is 2. The van der Waals surface area contributed by atoms with Crippen LogP contribution < -0.4 is 10.6 Å². The molecular formula is C24H28N2O5S. The van der Waals surface area contributed by atoms with E-state index in [4.69, 9.17) is 9.47 Å². The largest absolute Gasteiger partial charge is 0.467 e. The maximum absolute atomic E-state index is 12.5. The van der Waals surface area contributed by atoms with Crippen molar-refractivity contribution in [3.05, 3.63) is 59.7 Å². The Balaban J connectivity index is 1.57. The van der Waals surface area contributed by atoms with Crippen LogP contribution in [0, 0.1) is 0 Å². The summed E-state index contributed by atoms with van der Waals surface area (Å²) in [5.41, 5.74) is 4.51. The van der Waals surface area contributed by atoms with Gasteiger partial charge in [0.1, 0.15) is 18.7 Å². The van der Waals surface area contributed by atoms with Gasteiger partial charge in [-0.15, -0.1) is 0 Å². The van der Waals surface area contributed by atoms with Crippen molar-refractivity contribution in [1.82, 2.24) is 10.6 Å². The van der Waals surface area contributed by atoms with Crippen LogP contribution in [0.5, 0.6) is 0 Å². The number of alkyl carbamates (subject to hydrolysis) is 1. The fourth-order valence-corrected chi connectivity index (χ4v) is 4.28. The first-order chi connectivity index (χ1) is 15.5. The van der Waals surface area contributed by atoms with Crippen LogP contribution in [0.3, 0.4) is 0 Å². The lowest BCUT2D eigenvalue weighted by Crippen LogP contribution is -2.50. The van der Waals surface area contributed by atoms with Gasteiger partial charge in [-0.2, -0.15) is 11.8 Å². The maximum atomic E-state index is 12.5. The van der Waals surface area contributed by atoms with Gasteiger partial charge in [-0.25, -0.2) is 9.59 Å². The molecule has 0 aromatic heterocycles. The molecule has 0 aliphatic heterocycles. The summed E-state index contributed by atoms with van der Waals surface area (Å²) in [7, 11) is 1.28. The Morgan fingerprint density at radius 1 is 1.00 bits per heavy atom. The second kappa shape index (κ2) is 11.0. The number of methoxy groups -OCH3 is 1. The summed E-state index contributed by atoms with van der Waals surface area (Å²) in [6, 6.07) is 14.5. The molecule has 8 heteroatoms. The highest BCUT2D eigenvalue weighted by atomic mass is 32.2. The average molecular weight is 457 g/mol. The van der Waals surface area contributed by atoms with Gasteiger partial charge >= 0.3 is 12.1 Å². The lowest BCUT2D eigenvalue weighted by atomic mass is 9.98. The lowest BCUT2D eigenvalue weighted by Gasteiger charge is -2.20. The Labute approximate surface area is 192 Å². The summed E-state index contributed by atoms with van der Waals surface area (Å²) < 4.78 is 10.2. The molecule has 0 heterocycles. The van der Waals surface area contributed by atoms with Gasteiger partial charge in [0, 0.05) is 5.92 Å². The molecule has 7 nitrogen and oxygen atoms in total. The van der Waals surface area contributed by atoms with Crippen LogP contribution in [0.15, 0.2) is 48.5 Å². The van der Waals surface area contributed by atoms with Crippen molar-refractivity contribution in [2.45, 2.75) is 31.3 Å². The summed E-state index contributed by atoms with van der Waals surface area (Å²) in [6.07, 6.45) is 1.67. The zero-order valence-electron chi connectivity index (χ0n) is 18.4. The van der Waals surface area contributed by atoms with E-state index >= 15 is 0 Å². The predicted octanol–water partition coefficient (Wildman–Crippen LogP) is 3.32. The molecular weight excluding hydrogens is 428 g/mol. The number of fused-ring (bicyclic) bond motifs is 3. The normalized spacial score (nSPS) is 14.0. The second-order valence-corrected chi connectivity index (χ2v) is 8.54. The molecule has 0 unspecified atom stereocenters. The molecule has 170 valence electrons. The van der Waals surface area contributed by atoms with Gasteiger partial charge in [0.2, 0.25) is 5.91 Å². The van der Waals surface area contributed by atoms with Gasteiger partial charge in [-0.05, 0) is 47.6 Å². The van der Waals surface area contributed by atoms with Crippen molar-refractivity contribution in [3.8, 4) is 11.1 Å². The number of nitrogens with one attached hydrogen (secondary N) is 2. The van der Waals surface area contributed by atoms with E-state index in [0.717, 1.165) is 22.3 Å². The standard InChI is InChI=1S/C24H28N2O5S/c1-15(22(27)26-21(12-13-32-3)23(28)30-2)25-24(29)31-14-20-18-10-6-4-8-16(18)17-9-5-7-11-19(17)20/h4-11,15,20-21H,12-14H2,1-3H3,(H,25,29)(H,26,27)/t15-,21-/m0/s1. The van der Waals surface area contributed by atoms with Gasteiger partial charge in [-0.1, -0.05) is 48.5 Å². The molecule has 32 heavy (non-hydrogen) atoms. The van der Waals surface area contributed by atoms with E-state index in [1.807, 2.05) is 42.7 Å². The van der Waals surface area contributed by atoms with Crippen LogP contribution >= 0.6 is 11.8 Å². The highest BCUT2D eigenvalue weighted by Crippen LogP contribution is 2.44. The zero-order valence-corrected chi connectivity index (χ0v) is 19.2. The molecule has 1 aliphatic carbocycles. The summed E-state index contributed by atoms with van der Waals surface area (Å²) in [5, 5.41) is 5.17. The molecule has 2 N–H and O–H groups in total. The first-order valence-electron chi connectivity index (χ1n) is 10.4. The van der Waals surface area contributed by atoms with Gasteiger partial charge in [0.15, 0.2) is 0 Å². The molecule has 0 saturated heterocycles. The molecule has 1 aliphatic rings. The third-order valence-corrected chi connectivity index (χ3v) is 6.13. The number of ether oxygens (including phenoxy) is 2. The van der Waals surface area contributed by atoms with E-state index in [9.17, 15) is 14.4 Å². The SMILES string of the molecule is COC(=O)[C@H](CCSC)NC(=O)[C@H](C)NC(=O)OCC1c2ccccc2-c2ccccc21. The fraction of sp³-hybridized carbons (Fsp3) is 0.375. The van der Waals surface area contributed by atoms with Crippen molar-refractivity contribution in [2.75, 3.05) is 25.7 Å². The Bertz CT molecular complexity index is 935. The third kappa shape index (κ3) is 5.43. The van der Waals surface area contributed by atoms with E-state index in [1.54, 1.807) is 18.7 Å². The summed E-state index contributed by atoms with van der Waals surface area (Å²) in [6.45, 7) is 1.70. The monoisotopic (exact) mass is 456 g/mol. The lowest BCUT2D eigenvalue weighted by molar-refractivity contribution is -0.145. The number of thioether (sulfide) groups is 1. The third-order valence-electron chi connectivity index (χ3n) is 5.48.